The molecular weight excluding hydrogens is 869 g/mol. The maximum absolute atomic E-state index is 2.53. The van der Waals surface area contributed by atoms with Crippen LogP contribution in [-0.2, 0) is 10.8 Å². The van der Waals surface area contributed by atoms with E-state index in [4.69, 9.17) is 0 Å². The molecule has 13 aromatic rings. The van der Waals surface area contributed by atoms with Crippen LogP contribution >= 0.6 is 0 Å². The highest BCUT2D eigenvalue weighted by molar-refractivity contribution is 6.32. The number of benzene rings is 12. The van der Waals surface area contributed by atoms with Crippen molar-refractivity contribution < 1.29 is 0 Å². The van der Waals surface area contributed by atoms with Crippen molar-refractivity contribution in [2.24, 2.45) is 0 Å². The zero-order chi connectivity index (χ0) is 47.5. The predicted octanol–water partition coefficient (Wildman–Crippen LogP) is 18.4. The summed E-state index contributed by atoms with van der Waals surface area (Å²) in [5.74, 6) is 0. The first-order valence-electron chi connectivity index (χ1n) is 25.3. The van der Waals surface area contributed by atoms with Gasteiger partial charge in [-0.1, -0.05) is 208 Å². The Morgan fingerprint density at radius 2 is 0.792 bits per heavy atom. The van der Waals surface area contributed by atoms with Crippen LogP contribution in [0, 0.1) is 0 Å². The lowest BCUT2D eigenvalue weighted by molar-refractivity contribution is 0.660. The Bertz CT molecular complexity index is 4440. The van der Waals surface area contributed by atoms with Crippen molar-refractivity contribution in [3.05, 3.63) is 276 Å². The third kappa shape index (κ3) is 5.03. The lowest BCUT2D eigenvalue weighted by atomic mass is 9.70. The molecule has 0 saturated carbocycles. The van der Waals surface area contributed by atoms with Gasteiger partial charge in [-0.15, -0.1) is 0 Å². The minimum atomic E-state index is -0.450. The standard InChI is InChI=1S/C70H46N2/c1-69(2)62-40-44(34-37-53(62)54-38-36-46(41-63(54)69)72-66-32-16-12-28-58(66)67-56-26-7-5-21-48(56)49-22-6-8-27-57(49)68(67)72)71(65-33-17-19-43-18-3-4-20-47(43)65)45-35-39-55-52-25-11-15-31-61(52)70(64(55)42-45)59-29-13-9-23-50(59)51-24-10-14-30-60(51)70/h3-42H,1-2H3. The summed E-state index contributed by atoms with van der Waals surface area (Å²) >= 11 is 0. The SMILES string of the molecule is CC1(C)c2cc(N(c3ccc4c(c3)C3(c5ccccc5-c5ccccc53)c3ccccc3-4)c3cccc4ccccc34)ccc2-c2ccc(-n3c4ccccc4c4c5ccccc5c5ccccc5c43)cc21. The highest BCUT2D eigenvalue weighted by Crippen LogP contribution is 2.63. The molecule has 72 heavy (non-hydrogen) atoms. The van der Waals surface area contributed by atoms with Crippen LogP contribution in [0.4, 0.5) is 17.1 Å². The second-order valence-corrected chi connectivity index (χ2v) is 20.7. The number of para-hydroxylation sites is 1. The van der Waals surface area contributed by atoms with Crippen LogP contribution in [-0.4, -0.2) is 4.57 Å². The summed E-state index contributed by atoms with van der Waals surface area (Å²) in [4.78, 5) is 2.53. The Hall–Kier alpha value is -8.98. The van der Waals surface area contributed by atoms with Crippen molar-refractivity contribution in [2.45, 2.75) is 24.7 Å². The van der Waals surface area contributed by atoms with Crippen LogP contribution in [0.3, 0.4) is 0 Å². The van der Waals surface area contributed by atoms with Crippen molar-refractivity contribution in [3.63, 3.8) is 0 Å². The molecule has 0 aliphatic heterocycles. The van der Waals surface area contributed by atoms with Gasteiger partial charge in [0.1, 0.15) is 0 Å². The largest absolute Gasteiger partial charge is 0.310 e. The maximum Gasteiger partial charge on any atom is 0.0726 e. The second-order valence-electron chi connectivity index (χ2n) is 20.7. The minimum absolute atomic E-state index is 0.296. The Morgan fingerprint density at radius 1 is 0.333 bits per heavy atom. The Morgan fingerprint density at radius 3 is 1.46 bits per heavy atom. The summed E-state index contributed by atoms with van der Waals surface area (Å²) in [6, 6.07) is 91.5. The first-order valence-corrected chi connectivity index (χ1v) is 25.3. The smallest absolute Gasteiger partial charge is 0.0726 e. The molecule has 16 rings (SSSR count). The number of nitrogens with zero attached hydrogens (tertiary/aromatic N) is 2. The van der Waals surface area contributed by atoms with Crippen molar-refractivity contribution in [3.8, 4) is 39.1 Å². The van der Waals surface area contributed by atoms with Gasteiger partial charge in [-0.05, 0) is 137 Å². The average molecular weight is 915 g/mol. The zero-order valence-electron chi connectivity index (χ0n) is 40.0. The van der Waals surface area contributed by atoms with Gasteiger partial charge < -0.3 is 9.47 Å². The van der Waals surface area contributed by atoms with E-state index in [0.29, 0.717) is 0 Å². The number of aromatic nitrogens is 1. The Kier molecular flexibility index (Phi) is 7.92. The predicted molar refractivity (Wildman–Crippen MR) is 302 cm³/mol. The summed E-state index contributed by atoms with van der Waals surface area (Å²) in [7, 11) is 0. The Balaban J connectivity index is 0.898. The molecule has 12 aromatic carbocycles. The molecule has 0 saturated heterocycles. The van der Waals surface area contributed by atoms with Crippen LogP contribution in [0.25, 0.3) is 93.2 Å². The van der Waals surface area contributed by atoms with E-state index < -0.39 is 5.41 Å². The van der Waals surface area contributed by atoms with Gasteiger partial charge in [-0.3, -0.25) is 0 Å². The molecule has 0 N–H and O–H groups in total. The Labute approximate surface area is 418 Å². The van der Waals surface area contributed by atoms with Gasteiger partial charge in [0, 0.05) is 44.0 Å². The second kappa shape index (κ2) is 14.3. The number of anilines is 3. The molecular formula is C70H46N2. The maximum atomic E-state index is 2.53. The van der Waals surface area contributed by atoms with Gasteiger partial charge >= 0.3 is 0 Å². The average Bonchev–Trinajstić information content (AvgIpc) is 4.11. The molecule has 1 aromatic heterocycles. The molecule has 336 valence electrons. The van der Waals surface area contributed by atoms with Crippen molar-refractivity contribution in [1.82, 2.24) is 4.57 Å². The van der Waals surface area contributed by atoms with Gasteiger partial charge in [0.25, 0.3) is 0 Å². The summed E-state index contributed by atoms with van der Waals surface area (Å²) < 4.78 is 2.53. The highest BCUT2D eigenvalue weighted by Gasteiger charge is 2.51. The number of hydrogen-bond acceptors (Lipinski definition) is 1. The van der Waals surface area contributed by atoms with Gasteiger partial charge in [0.15, 0.2) is 0 Å². The first kappa shape index (κ1) is 39.8. The number of hydrogen-bond donors (Lipinski definition) is 0. The molecule has 1 spiro atoms. The first-order chi connectivity index (χ1) is 35.5. The van der Waals surface area contributed by atoms with E-state index >= 15 is 0 Å². The van der Waals surface area contributed by atoms with Crippen LogP contribution in [0.1, 0.15) is 47.2 Å². The van der Waals surface area contributed by atoms with Gasteiger partial charge in [0.2, 0.25) is 0 Å². The summed E-state index contributed by atoms with van der Waals surface area (Å²) in [6.45, 7) is 4.85. The van der Waals surface area contributed by atoms with Crippen molar-refractivity contribution >= 4 is 71.2 Å². The van der Waals surface area contributed by atoms with Crippen LogP contribution in [0.2, 0.25) is 0 Å². The summed E-state index contributed by atoms with van der Waals surface area (Å²) in [5.41, 5.74) is 22.2. The fourth-order valence-corrected chi connectivity index (χ4v) is 13.9. The normalized spacial score (nSPS) is 14.2. The molecule has 0 fully saturated rings. The molecule has 2 heteroatoms. The molecule has 0 atom stereocenters. The van der Waals surface area contributed by atoms with Gasteiger partial charge in [-0.25, -0.2) is 0 Å². The molecule has 0 unspecified atom stereocenters. The fraction of sp³-hybridized carbons (Fsp3) is 0.0571. The van der Waals surface area contributed by atoms with E-state index in [1.54, 1.807) is 0 Å². The van der Waals surface area contributed by atoms with E-state index in [1.165, 1.54) is 127 Å². The monoisotopic (exact) mass is 914 g/mol. The molecule has 1 heterocycles. The van der Waals surface area contributed by atoms with Crippen molar-refractivity contribution in [1.29, 1.82) is 0 Å². The third-order valence-electron chi connectivity index (χ3n) is 16.9. The molecule has 0 radical (unpaired) electrons. The number of fused-ring (bicyclic) bond motifs is 22. The third-order valence-corrected chi connectivity index (χ3v) is 16.9. The highest BCUT2D eigenvalue weighted by atomic mass is 15.1. The molecule has 0 amide bonds. The zero-order valence-corrected chi connectivity index (χ0v) is 40.0. The summed E-state index contributed by atoms with van der Waals surface area (Å²) in [5, 5.41) is 10.2. The quantitative estimate of drug-likeness (QED) is 0.160. The lowest BCUT2D eigenvalue weighted by Gasteiger charge is -2.33. The van der Waals surface area contributed by atoms with Gasteiger partial charge in [0.05, 0.1) is 22.1 Å². The summed E-state index contributed by atoms with van der Waals surface area (Å²) in [6.07, 6.45) is 0. The molecule has 0 bridgehead atoms. The van der Waals surface area contributed by atoms with E-state index in [2.05, 4.69) is 266 Å². The minimum Gasteiger partial charge on any atom is -0.310 e. The van der Waals surface area contributed by atoms with Crippen LogP contribution < -0.4 is 4.90 Å². The van der Waals surface area contributed by atoms with Crippen LogP contribution in [0.5, 0.6) is 0 Å². The van der Waals surface area contributed by atoms with Crippen molar-refractivity contribution in [2.75, 3.05) is 4.90 Å². The van der Waals surface area contributed by atoms with E-state index in [0.717, 1.165) is 17.1 Å². The molecule has 3 aliphatic rings. The van der Waals surface area contributed by atoms with Crippen LogP contribution in [0.15, 0.2) is 243 Å². The number of rotatable bonds is 4. The van der Waals surface area contributed by atoms with E-state index in [1.807, 2.05) is 0 Å². The fourth-order valence-electron chi connectivity index (χ4n) is 13.9. The molecule has 2 nitrogen and oxygen atoms in total. The lowest BCUT2D eigenvalue weighted by Crippen LogP contribution is -2.26. The topological polar surface area (TPSA) is 8.17 Å². The van der Waals surface area contributed by atoms with E-state index in [9.17, 15) is 0 Å². The van der Waals surface area contributed by atoms with E-state index in [-0.39, 0.29) is 5.41 Å². The van der Waals surface area contributed by atoms with Gasteiger partial charge in [-0.2, -0.15) is 0 Å². The molecule has 3 aliphatic carbocycles.